The summed E-state index contributed by atoms with van der Waals surface area (Å²) >= 11 is 0. The zero-order valence-electron chi connectivity index (χ0n) is 15.8. The van der Waals surface area contributed by atoms with Crippen LogP contribution in [0, 0.1) is 5.92 Å². The standard InChI is InChI=1S/C21H25N3O4/c25-20(23-17-4-5-18-19(13-17)27-12-11-26-18)14-24-9-6-16(7-10-24)15-28-21-3-1-2-8-22-21/h1-5,8,13,16H,6-7,9-12,14-15H2,(H,23,25). The van der Waals surface area contributed by atoms with Crippen LogP contribution in [-0.2, 0) is 4.79 Å². The predicted molar refractivity (Wildman–Crippen MR) is 105 cm³/mol. The van der Waals surface area contributed by atoms with Crippen molar-refractivity contribution in [3.8, 4) is 17.4 Å². The van der Waals surface area contributed by atoms with Gasteiger partial charge in [-0.15, -0.1) is 0 Å². The minimum absolute atomic E-state index is 0.0140. The highest BCUT2D eigenvalue weighted by molar-refractivity contribution is 5.92. The predicted octanol–water partition coefficient (Wildman–Crippen LogP) is 2.58. The lowest BCUT2D eigenvalue weighted by Gasteiger charge is -2.31. The highest BCUT2D eigenvalue weighted by Crippen LogP contribution is 2.32. The molecule has 4 rings (SSSR count). The lowest BCUT2D eigenvalue weighted by molar-refractivity contribution is -0.117. The Morgan fingerprint density at radius 1 is 1.14 bits per heavy atom. The number of likely N-dealkylation sites (tertiary alicyclic amines) is 1. The van der Waals surface area contributed by atoms with Crippen molar-refractivity contribution in [1.29, 1.82) is 0 Å². The number of pyridine rings is 1. The Labute approximate surface area is 164 Å². The molecular formula is C21H25N3O4. The van der Waals surface area contributed by atoms with Crippen LogP contribution >= 0.6 is 0 Å². The number of hydrogen-bond acceptors (Lipinski definition) is 6. The second-order valence-corrected chi connectivity index (χ2v) is 7.11. The number of hydrogen-bond donors (Lipinski definition) is 1. The van der Waals surface area contributed by atoms with Crippen molar-refractivity contribution in [3.05, 3.63) is 42.6 Å². The zero-order chi connectivity index (χ0) is 19.2. The average molecular weight is 383 g/mol. The van der Waals surface area contributed by atoms with Gasteiger partial charge >= 0.3 is 0 Å². The molecule has 0 spiro atoms. The molecule has 1 N–H and O–H groups in total. The molecule has 148 valence electrons. The third-order valence-corrected chi connectivity index (χ3v) is 5.00. The lowest BCUT2D eigenvalue weighted by Crippen LogP contribution is -2.40. The first kappa shape index (κ1) is 18.6. The Morgan fingerprint density at radius 2 is 1.96 bits per heavy atom. The fourth-order valence-corrected chi connectivity index (χ4v) is 3.47. The van der Waals surface area contributed by atoms with Crippen molar-refractivity contribution >= 4 is 11.6 Å². The molecule has 0 unspecified atom stereocenters. The van der Waals surface area contributed by atoms with Crippen LogP contribution in [0.15, 0.2) is 42.6 Å². The lowest BCUT2D eigenvalue weighted by atomic mass is 9.98. The van der Waals surface area contributed by atoms with Gasteiger partial charge < -0.3 is 19.5 Å². The van der Waals surface area contributed by atoms with E-state index in [0.29, 0.717) is 43.9 Å². The molecule has 0 aliphatic carbocycles. The number of fused-ring (bicyclic) bond motifs is 1. The highest BCUT2D eigenvalue weighted by Gasteiger charge is 2.22. The summed E-state index contributed by atoms with van der Waals surface area (Å²) in [6.07, 6.45) is 3.77. The first-order chi connectivity index (χ1) is 13.8. The molecule has 28 heavy (non-hydrogen) atoms. The number of rotatable bonds is 6. The summed E-state index contributed by atoms with van der Waals surface area (Å²) in [6, 6.07) is 11.2. The molecule has 1 amide bonds. The molecule has 1 saturated heterocycles. The normalized spacial score (nSPS) is 17.1. The molecule has 0 saturated carbocycles. The maximum atomic E-state index is 12.4. The van der Waals surface area contributed by atoms with E-state index in [2.05, 4.69) is 15.2 Å². The van der Waals surface area contributed by atoms with Crippen molar-refractivity contribution in [3.63, 3.8) is 0 Å². The summed E-state index contributed by atoms with van der Waals surface area (Å²) in [6.45, 7) is 3.94. The maximum Gasteiger partial charge on any atom is 0.238 e. The molecule has 0 bridgehead atoms. The van der Waals surface area contributed by atoms with Crippen LogP contribution in [0.3, 0.4) is 0 Å². The van der Waals surface area contributed by atoms with Crippen LogP contribution in [0.1, 0.15) is 12.8 Å². The number of ether oxygens (including phenoxy) is 3. The topological polar surface area (TPSA) is 72.9 Å². The van der Waals surface area contributed by atoms with Gasteiger partial charge in [-0.1, -0.05) is 6.07 Å². The number of nitrogens with one attached hydrogen (secondary N) is 1. The molecule has 1 aromatic heterocycles. The summed E-state index contributed by atoms with van der Waals surface area (Å²) in [4.78, 5) is 18.8. The van der Waals surface area contributed by atoms with Gasteiger partial charge in [0.2, 0.25) is 11.8 Å². The fourth-order valence-electron chi connectivity index (χ4n) is 3.47. The van der Waals surface area contributed by atoms with Crippen LogP contribution < -0.4 is 19.5 Å². The molecule has 2 aromatic rings. The van der Waals surface area contributed by atoms with Crippen LogP contribution in [0.5, 0.6) is 17.4 Å². The van der Waals surface area contributed by atoms with Crippen molar-refractivity contribution in [1.82, 2.24) is 9.88 Å². The average Bonchev–Trinajstić information content (AvgIpc) is 2.74. The Bertz CT molecular complexity index is 791. The van der Waals surface area contributed by atoms with Crippen molar-refractivity contribution in [2.75, 3.05) is 44.8 Å². The summed E-state index contributed by atoms with van der Waals surface area (Å²) < 4.78 is 16.8. The van der Waals surface area contributed by atoms with Gasteiger partial charge in [0.05, 0.1) is 13.2 Å². The quantitative estimate of drug-likeness (QED) is 0.827. The fraction of sp³-hybridized carbons (Fsp3) is 0.429. The van der Waals surface area contributed by atoms with Gasteiger partial charge in [0.25, 0.3) is 0 Å². The molecule has 7 heteroatoms. The van der Waals surface area contributed by atoms with E-state index in [0.717, 1.165) is 37.4 Å². The van der Waals surface area contributed by atoms with E-state index < -0.39 is 0 Å². The minimum Gasteiger partial charge on any atom is -0.486 e. The number of piperidine rings is 1. The highest BCUT2D eigenvalue weighted by atomic mass is 16.6. The van der Waals surface area contributed by atoms with Gasteiger partial charge in [-0.05, 0) is 50.0 Å². The van der Waals surface area contributed by atoms with Gasteiger partial charge in [-0.2, -0.15) is 0 Å². The zero-order valence-corrected chi connectivity index (χ0v) is 15.8. The molecule has 0 atom stereocenters. The molecule has 3 heterocycles. The second-order valence-electron chi connectivity index (χ2n) is 7.11. The smallest absolute Gasteiger partial charge is 0.238 e. The Morgan fingerprint density at radius 3 is 2.75 bits per heavy atom. The molecular weight excluding hydrogens is 358 g/mol. The van der Waals surface area contributed by atoms with E-state index in [-0.39, 0.29) is 5.91 Å². The van der Waals surface area contributed by atoms with Gasteiger partial charge in [-0.3, -0.25) is 9.69 Å². The van der Waals surface area contributed by atoms with Crippen LogP contribution in [0.2, 0.25) is 0 Å². The van der Waals surface area contributed by atoms with Gasteiger partial charge in [0.1, 0.15) is 13.2 Å². The largest absolute Gasteiger partial charge is 0.486 e. The molecule has 2 aliphatic rings. The van der Waals surface area contributed by atoms with Crippen molar-refractivity contribution in [2.24, 2.45) is 5.92 Å². The summed E-state index contributed by atoms with van der Waals surface area (Å²) in [7, 11) is 0. The minimum atomic E-state index is -0.0140. The van der Waals surface area contributed by atoms with Gasteiger partial charge in [0.15, 0.2) is 11.5 Å². The van der Waals surface area contributed by atoms with Crippen molar-refractivity contribution < 1.29 is 19.0 Å². The van der Waals surface area contributed by atoms with Crippen LogP contribution in [0.25, 0.3) is 0 Å². The number of nitrogens with zero attached hydrogens (tertiary/aromatic N) is 2. The first-order valence-corrected chi connectivity index (χ1v) is 9.72. The third-order valence-electron chi connectivity index (χ3n) is 5.00. The summed E-state index contributed by atoms with van der Waals surface area (Å²) in [5.74, 6) is 2.56. The third kappa shape index (κ3) is 4.92. The second kappa shape index (κ2) is 8.93. The molecule has 2 aliphatic heterocycles. The van der Waals surface area contributed by atoms with E-state index in [1.54, 1.807) is 6.20 Å². The number of carbonyl (C=O) groups excluding carboxylic acids is 1. The molecule has 1 aromatic carbocycles. The summed E-state index contributed by atoms with van der Waals surface area (Å²) in [5, 5.41) is 2.95. The number of benzene rings is 1. The van der Waals surface area contributed by atoms with Gasteiger partial charge in [-0.25, -0.2) is 4.98 Å². The van der Waals surface area contributed by atoms with Crippen LogP contribution in [0.4, 0.5) is 5.69 Å². The number of amides is 1. The van der Waals surface area contributed by atoms with E-state index >= 15 is 0 Å². The number of carbonyl (C=O) groups is 1. The van der Waals surface area contributed by atoms with E-state index in [1.807, 2.05) is 36.4 Å². The van der Waals surface area contributed by atoms with E-state index in [9.17, 15) is 4.79 Å². The Kier molecular flexibility index (Phi) is 5.92. The Hall–Kier alpha value is -2.80. The number of anilines is 1. The molecule has 7 nitrogen and oxygen atoms in total. The van der Waals surface area contributed by atoms with Gasteiger partial charge in [0, 0.05) is 24.0 Å². The molecule has 0 radical (unpaired) electrons. The van der Waals surface area contributed by atoms with Crippen LogP contribution in [-0.4, -0.2) is 55.2 Å². The van der Waals surface area contributed by atoms with E-state index in [4.69, 9.17) is 14.2 Å². The number of aromatic nitrogens is 1. The molecule has 1 fully saturated rings. The summed E-state index contributed by atoms with van der Waals surface area (Å²) in [5.41, 5.74) is 0.730. The first-order valence-electron chi connectivity index (χ1n) is 9.72. The van der Waals surface area contributed by atoms with E-state index in [1.165, 1.54) is 0 Å². The maximum absolute atomic E-state index is 12.4. The Balaban J connectivity index is 1.20. The SMILES string of the molecule is O=C(CN1CCC(COc2ccccn2)CC1)Nc1ccc2c(c1)OCCO2. The van der Waals surface area contributed by atoms with Crippen molar-refractivity contribution in [2.45, 2.75) is 12.8 Å². The monoisotopic (exact) mass is 383 g/mol.